The molecule has 0 N–H and O–H groups in total. The zero-order valence-corrected chi connectivity index (χ0v) is 65.3. The van der Waals surface area contributed by atoms with Crippen LogP contribution in [0.5, 0.6) is 0 Å². The highest BCUT2D eigenvalue weighted by Gasteiger charge is 2.30. The predicted octanol–water partition coefficient (Wildman–Crippen LogP) is 23.3. The maximum atomic E-state index is 4.58. The number of pyridine rings is 6. The molecule has 6 heterocycles. The van der Waals surface area contributed by atoms with Crippen molar-refractivity contribution in [1.82, 2.24) is 29.9 Å². The molecular formula is C96H102N6. The highest BCUT2D eigenvalue weighted by atomic mass is 14.7. The van der Waals surface area contributed by atoms with Crippen molar-refractivity contribution in [3.63, 3.8) is 0 Å². The van der Waals surface area contributed by atoms with Crippen molar-refractivity contribution in [2.75, 3.05) is 0 Å². The first-order chi connectivity index (χ1) is 48.5. The number of aryl methyl sites for hydroxylation is 17. The van der Waals surface area contributed by atoms with E-state index in [9.17, 15) is 0 Å². The number of benzene rings is 6. The fourth-order valence-corrected chi connectivity index (χ4v) is 17.5. The number of aromatic nitrogens is 6. The van der Waals surface area contributed by atoms with E-state index in [-0.39, 0.29) is 0 Å². The highest BCUT2D eigenvalue weighted by Crippen LogP contribution is 2.48. The molecule has 6 aromatic carbocycles. The molecule has 6 aromatic heterocycles. The van der Waals surface area contributed by atoms with Crippen LogP contribution in [0.15, 0.2) is 110 Å². The van der Waals surface area contributed by atoms with E-state index >= 15 is 0 Å². The van der Waals surface area contributed by atoms with Crippen LogP contribution in [-0.2, 0) is 38.5 Å². The molecule has 0 atom stereocenters. The van der Waals surface area contributed by atoms with Crippen LogP contribution >= 0.6 is 0 Å². The van der Waals surface area contributed by atoms with E-state index in [2.05, 4.69) is 269 Å². The molecule has 0 spiro atoms. The molecule has 6 nitrogen and oxygen atoms in total. The summed E-state index contributed by atoms with van der Waals surface area (Å²) in [5.74, 6) is 0. The quantitative estimate of drug-likeness (QED) is 0.151. The second-order valence-corrected chi connectivity index (χ2v) is 30.6. The Labute approximate surface area is 608 Å². The van der Waals surface area contributed by atoms with E-state index in [1.807, 2.05) is 37.2 Å². The number of nitrogens with zero attached hydrogens (tertiary/aromatic N) is 6. The monoisotopic (exact) mass is 1340 g/mol. The summed E-state index contributed by atoms with van der Waals surface area (Å²) >= 11 is 0. The molecule has 6 aliphatic carbocycles. The Morgan fingerprint density at radius 2 is 0.627 bits per heavy atom. The van der Waals surface area contributed by atoms with Gasteiger partial charge >= 0.3 is 0 Å². The van der Waals surface area contributed by atoms with Gasteiger partial charge in [0.2, 0.25) is 0 Å². The zero-order valence-electron chi connectivity index (χ0n) is 65.3. The summed E-state index contributed by atoms with van der Waals surface area (Å²) in [5, 5.41) is 0. The van der Waals surface area contributed by atoms with Crippen LogP contribution in [0.3, 0.4) is 0 Å². The minimum absolute atomic E-state index is 1.05. The largest absolute Gasteiger partial charge is 0.264 e. The standard InChI is InChI=1S/6C16H17N/c1-9-5-10(2)16-14(12(9)4)6-13-8-17-7-11(3)15(13)16;1-9-5-10(2)16-14(12(9)4)7-13-8-17-11(3)6-15(13)16;1-9-7-10(2)16-13-5-6-17-12(4)15(13)8-14(16)11(9)3;1-9-5-6-14-15(10(9)2)7-13-8-17-12(4)11(3)16(13)14;1-9-5-6-13-14(11(9)3)7-15-12(4)17-8-10(2)16(13)15;1-9-5-6-13-14(11(9)3)8-15-12(4)17-10(2)7-16(13)15/h5,7-8H,6H2,1-4H3;5-6,8H,7H2,1-4H3;5-7H,8H2,1-4H3;2*5-6,8H,7H2,1-4H3;5-7H,8H2,1-4H3. The second-order valence-electron chi connectivity index (χ2n) is 30.6. The van der Waals surface area contributed by atoms with Crippen molar-refractivity contribution in [1.29, 1.82) is 0 Å². The first-order valence-electron chi connectivity index (χ1n) is 36.8. The SMILES string of the molecule is Cc1cc(C)c2c(c1C)Cc1c-2ccnc1C.Cc1cc(C)c2c(c1C)Cc1cncc(C)c1-2.Cc1cc2c(c(C)n1)Cc1c-2ccc(C)c1C.Cc1cc2c(cn1)Cc1c(C)c(C)cc(C)c1-2.Cc1ccc2c(c1C)Cc1c(C)ncc(C)c1-2.Cc1ccc2c(c1C)Cc1cnc(C)c(C)c1-2. The third kappa shape index (κ3) is 12.4. The van der Waals surface area contributed by atoms with Crippen molar-refractivity contribution in [2.24, 2.45) is 0 Å². The normalized spacial score (nSPS) is 12.5. The molecule has 0 unspecified atom stereocenters. The molecule has 516 valence electrons. The van der Waals surface area contributed by atoms with Crippen molar-refractivity contribution in [2.45, 2.75) is 205 Å². The minimum atomic E-state index is 1.05. The molecule has 6 heteroatoms. The Morgan fingerprint density at radius 3 is 1.25 bits per heavy atom. The van der Waals surface area contributed by atoms with Gasteiger partial charge in [-0.2, -0.15) is 0 Å². The van der Waals surface area contributed by atoms with Crippen LogP contribution in [0.2, 0.25) is 0 Å². The van der Waals surface area contributed by atoms with Gasteiger partial charge < -0.3 is 0 Å². The van der Waals surface area contributed by atoms with Crippen LogP contribution in [-0.4, -0.2) is 29.9 Å². The van der Waals surface area contributed by atoms with Crippen LogP contribution in [0, 0.1) is 166 Å². The lowest BCUT2D eigenvalue weighted by Crippen LogP contribution is -1.93. The summed E-state index contributed by atoms with van der Waals surface area (Å²) in [6.45, 7) is 52.4. The Morgan fingerprint density at radius 1 is 0.216 bits per heavy atom. The van der Waals surface area contributed by atoms with Crippen molar-refractivity contribution < 1.29 is 0 Å². The van der Waals surface area contributed by atoms with Gasteiger partial charge in [0.15, 0.2) is 0 Å². The molecule has 18 rings (SSSR count). The van der Waals surface area contributed by atoms with E-state index in [0.29, 0.717) is 0 Å². The molecule has 6 aliphatic rings. The Kier molecular flexibility index (Phi) is 19.1. The van der Waals surface area contributed by atoms with E-state index in [4.69, 9.17) is 0 Å². The number of hydrogen-bond acceptors (Lipinski definition) is 6. The molecular weight excluding hydrogens is 1240 g/mol. The second kappa shape index (κ2) is 27.5. The summed E-state index contributed by atoms with van der Waals surface area (Å²) in [6.07, 6.45) is 18.3. The molecule has 0 bridgehead atoms. The van der Waals surface area contributed by atoms with Crippen molar-refractivity contribution in [3.8, 4) is 66.8 Å². The maximum absolute atomic E-state index is 4.58. The molecule has 0 saturated carbocycles. The van der Waals surface area contributed by atoms with Gasteiger partial charge in [0.05, 0.1) is 0 Å². The number of hydrogen-bond donors (Lipinski definition) is 0. The molecule has 0 fully saturated rings. The fourth-order valence-electron chi connectivity index (χ4n) is 17.5. The summed E-state index contributed by atoms with van der Waals surface area (Å²) in [7, 11) is 0. The van der Waals surface area contributed by atoms with Gasteiger partial charge in [-0.3, -0.25) is 29.9 Å². The molecule has 0 saturated heterocycles. The Hall–Kier alpha value is -9.78. The van der Waals surface area contributed by atoms with Gasteiger partial charge in [-0.05, 0) is 418 Å². The van der Waals surface area contributed by atoms with Gasteiger partial charge in [0.25, 0.3) is 0 Å². The maximum Gasteiger partial charge on any atom is 0.0417 e. The fraction of sp³-hybridized carbons (Fsp3) is 0.312. The predicted molar refractivity (Wildman–Crippen MR) is 429 cm³/mol. The summed E-state index contributed by atoms with van der Waals surface area (Å²) in [6, 6.07) is 27.0. The molecule has 0 aliphatic heterocycles. The van der Waals surface area contributed by atoms with E-state index in [1.54, 1.807) is 0 Å². The van der Waals surface area contributed by atoms with Crippen LogP contribution < -0.4 is 0 Å². The molecule has 12 aromatic rings. The van der Waals surface area contributed by atoms with Gasteiger partial charge in [0, 0.05) is 110 Å². The minimum Gasteiger partial charge on any atom is -0.264 e. The smallest absolute Gasteiger partial charge is 0.0417 e. The lowest BCUT2D eigenvalue weighted by molar-refractivity contribution is 1.06. The average Bonchev–Trinajstić information content (AvgIpc) is 1.61. The first kappa shape index (κ1) is 70.6. The Balaban J connectivity index is 0.000000109. The third-order valence-corrected chi connectivity index (χ3v) is 24.2. The summed E-state index contributed by atoms with van der Waals surface area (Å²) in [5.41, 5.74) is 66.6. The molecule has 102 heavy (non-hydrogen) atoms. The van der Waals surface area contributed by atoms with Gasteiger partial charge in [-0.25, -0.2) is 0 Å². The third-order valence-electron chi connectivity index (χ3n) is 24.2. The zero-order chi connectivity index (χ0) is 72.9. The van der Waals surface area contributed by atoms with Crippen LogP contribution in [0.25, 0.3) is 66.8 Å². The molecule has 0 radical (unpaired) electrons. The first-order valence-corrected chi connectivity index (χ1v) is 36.8. The van der Waals surface area contributed by atoms with Gasteiger partial charge in [0.1, 0.15) is 0 Å². The molecule has 0 amide bonds. The summed E-state index contributed by atoms with van der Waals surface area (Å²) in [4.78, 5) is 26.7. The van der Waals surface area contributed by atoms with Crippen molar-refractivity contribution in [3.05, 3.63) is 311 Å². The van der Waals surface area contributed by atoms with Crippen molar-refractivity contribution >= 4 is 0 Å². The summed E-state index contributed by atoms with van der Waals surface area (Å²) < 4.78 is 0. The number of rotatable bonds is 0. The average molecular weight is 1340 g/mol. The van der Waals surface area contributed by atoms with Crippen LogP contribution in [0.1, 0.15) is 201 Å². The highest BCUT2D eigenvalue weighted by molar-refractivity contribution is 5.86. The van der Waals surface area contributed by atoms with E-state index in [0.717, 1.165) is 55.6 Å². The van der Waals surface area contributed by atoms with Gasteiger partial charge in [-0.15, -0.1) is 0 Å². The lowest BCUT2D eigenvalue weighted by Gasteiger charge is -2.12. The Bertz CT molecular complexity index is 5470. The topological polar surface area (TPSA) is 77.3 Å². The van der Waals surface area contributed by atoms with Crippen LogP contribution in [0.4, 0.5) is 0 Å². The van der Waals surface area contributed by atoms with E-state index < -0.39 is 0 Å². The lowest BCUT2D eigenvalue weighted by atomic mass is 9.92. The number of fused-ring (bicyclic) bond motifs is 18. The van der Waals surface area contributed by atoms with E-state index in [1.165, 1.54) is 251 Å². The van der Waals surface area contributed by atoms with Gasteiger partial charge in [-0.1, -0.05) is 54.6 Å².